The fourth-order valence-electron chi connectivity index (χ4n) is 15.1. The average Bonchev–Trinajstić information content (AvgIpc) is 1.56. The van der Waals surface area contributed by atoms with Crippen LogP contribution in [0.1, 0.15) is 110 Å². The van der Waals surface area contributed by atoms with Crippen LogP contribution in [0.4, 0.5) is 44.1 Å². The van der Waals surface area contributed by atoms with Crippen LogP contribution in [0.5, 0.6) is 11.5 Å². The quantitative estimate of drug-likeness (QED) is 0.0359. The number of anilines is 6. The van der Waals surface area contributed by atoms with Crippen LogP contribution in [0.2, 0.25) is 0 Å². The van der Waals surface area contributed by atoms with E-state index in [9.17, 15) is 0 Å². The molecule has 16 aromatic rings. The number of thiophene rings is 2. The van der Waals surface area contributed by atoms with Crippen molar-refractivity contribution in [2.75, 3.05) is 23.0 Å². The van der Waals surface area contributed by atoms with Crippen molar-refractivity contribution in [1.82, 2.24) is 8.75 Å². The number of fused-ring (bicyclic) bond motifs is 4. The van der Waals surface area contributed by atoms with Gasteiger partial charge < -0.3 is 19.3 Å². The normalized spacial score (nSPS) is 11.6. The first kappa shape index (κ1) is 71.0. The van der Waals surface area contributed by atoms with Gasteiger partial charge in [-0.25, -0.2) is 0 Å². The molecule has 110 heavy (non-hydrogen) atoms. The molecule has 17 rings (SSSR count). The maximum atomic E-state index is 6.42. The van der Waals surface area contributed by atoms with E-state index in [0.717, 1.165) is 202 Å². The number of ether oxygens (including phenoxy) is 2. The molecule has 0 amide bonds. The maximum Gasteiger partial charge on any atom is 0.119 e. The van der Waals surface area contributed by atoms with Gasteiger partial charge in [0.05, 0.1) is 47.4 Å². The van der Waals surface area contributed by atoms with Gasteiger partial charge in [0.2, 0.25) is 0 Å². The molecule has 0 aliphatic carbocycles. The van der Waals surface area contributed by atoms with Gasteiger partial charge in [-0.05, 0) is 152 Å². The van der Waals surface area contributed by atoms with Gasteiger partial charge in [0.15, 0.2) is 0 Å². The smallest absolute Gasteiger partial charge is 0.119 e. The van der Waals surface area contributed by atoms with E-state index < -0.39 is 0 Å². The van der Waals surface area contributed by atoms with Gasteiger partial charge in [0.25, 0.3) is 0 Å². The number of rotatable bonds is 28. The fourth-order valence-corrected chi connectivity index (χ4v) is 19.0. The summed E-state index contributed by atoms with van der Waals surface area (Å²) >= 11 is 5.98. The zero-order chi connectivity index (χ0) is 74.0. The van der Waals surface area contributed by atoms with Gasteiger partial charge in [0, 0.05) is 54.0 Å². The Morgan fingerprint density at radius 1 is 0.291 bits per heavy atom. The lowest BCUT2D eigenvalue weighted by atomic mass is 9.86. The summed E-state index contributed by atoms with van der Waals surface area (Å²) < 4.78 is 34.1. The molecule has 0 atom stereocenters. The number of benzene rings is 13. The molecule has 0 bridgehead atoms. The summed E-state index contributed by atoms with van der Waals surface area (Å²) in [6, 6.07) is 118. The second-order valence-corrected chi connectivity index (χ2v) is 30.6. The van der Waals surface area contributed by atoms with Crippen LogP contribution in [0.3, 0.4) is 0 Å². The first-order valence-corrected chi connectivity index (χ1v) is 41.2. The fraction of sp³-hybridized carbons (Fsp3) is 0.122. The predicted molar refractivity (Wildman–Crippen MR) is 468 cm³/mol. The molecule has 13 aromatic carbocycles. The molecule has 8 nitrogen and oxygen atoms in total. The molecule has 0 N–H and O–H groups in total. The second kappa shape index (κ2) is 33.3. The highest BCUT2D eigenvalue weighted by molar-refractivity contribution is 7.58. The lowest BCUT2D eigenvalue weighted by Gasteiger charge is -2.25. The monoisotopic (exact) mass is 1500 g/mol. The third kappa shape index (κ3) is 14.6. The summed E-state index contributed by atoms with van der Waals surface area (Å²) in [6.07, 6.45) is 9.09. The Balaban J connectivity index is 0.807. The molecule has 1 aliphatic heterocycles. The van der Waals surface area contributed by atoms with Crippen molar-refractivity contribution in [3.05, 3.63) is 372 Å². The number of aromatic nitrogens is 2. The van der Waals surface area contributed by atoms with Crippen LogP contribution < -0.4 is 19.3 Å². The SMILES string of the molecule is CCCCCCOc1ccc(N(c2ccc(C(=C(c3ccccc3)c3ccccc3)c3ccccc3)cc2)c2sc(-c3c4c(c(-c5sc(N(c6ccc(OCCCCCC)cc6)c6ccc(C(=C(c7ccccc7)c7ccccc7)c7ccccc7)cc6)c6ccccc56)c5nsnc35)N=S=N4)c3ccccc23)cc1. The van der Waals surface area contributed by atoms with Gasteiger partial charge in [-0.1, -0.05) is 307 Å². The average molecular weight is 1500 g/mol. The zero-order valence-electron chi connectivity index (χ0n) is 61.4. The van der Waals surface area contributed by atoms with Gasteiger partial charge >= 0.3 is 0 Å². The first-order valence-electron chi connectivity index (χ1n) is 38.1. The molecule has 0 saturated heterocycles. The first-order chi connectivity index (χ1) is 54.6. The van der Waals surface area contributed by atoms with E-state index >= 15 is 0 Å². The molecule has 538 valence electrons. The van der Waals surface area contributed by atoms with Crippen molar-refractivity contribution in [1.29, 1.82) is 0 Å². The van der Waals surface area contributed by atoms with Gasteiger partial charge in [-0.2, -0.15) is 17.5 Å². The predicted octanol–water partition coefficient (Wildman–Crippen LogP) is 29.1. The van der Waals surface area contributed by atoms with Gasteiger partial charge in [-0.3, -0.25) is 0 Å². The molecule has 0 spiro atoms. The molecule has 12 heteroatoms. The third-order valence-corrected chi connectivity index (χ3v) is 23.9. The summed E-state index contributed by atoms with van der Waals surface area (Å²) in [5, 5.41) is 6.47. The van der Waals surface area contributed by atoms with Crippen molar-refractivity contribution < 1.29 is 9.47 Å². The van der Waals surface area contributed by atoms with Crippen molar-refractivity contribution in [2.24, 2.45) is 8.73 Å². The molecular formula is C98H80N6O2S4. The Kier molecular flexibility index (Phi) is 21.5. The van der Waals surface area contributed by atoms with Crippen LogP contribution >= 0.6 is 34.4 Å². The van der Waals surface area contributed by atoms with Crippen molar-refractivity contribution in [3.63, 3.8) is 0 Å². The number of hydrogen-bond acceptors (Lipinski definition) is 11. The standard InChI is InChI=1S/C98H80N6O2S4/c1-3-5-7-31-65-105-79-61-57-77(58-62-79)103(75-53-49-73(50-54-75)87(71-41-23-13-24-42-71)85(67-33-15-9-16-34-67)68-35-17-10-18-36-68)97-83-47-29-27-45-81(83)95(107-97)89-91-93(101-109-99-91)90(94-92(89)100-110-102-94)96-82-46-28-30-48-84(82)98(108-96)104(78-59-63-80(64-60-78)106-66-32-8-6-4-2)76-55-51-74(52-56-76)88(72-43-25-14-26-44-72)86(69-37-19-11-20-38-69)70-39-21-12-22-40-70/h9-30,33-64H,3-8,31-32,65-66H2,1-2H3. The summed E-state index contributed by atoms with van der Waals surface area (Å²) in [7, 11) is 0. The van der Waals surface area contributed by atoms with E-state index in [-0.39, 0.29) is 0 Å². The molecular weight excluding hydrogens is 1420 g/mol. The Morgan fingerprint density at radius 2 is 0.564 bits per heavy atom. The zero-order valence-corrected chi connectivity index (χ0v) is 64.6. The van der Waals surface area contributed by atoms with Crippen molar-refractivity contribution >= 4 is 145 Å². The molecule has 4 heterocycles. The highest BCUT2D eigenvalue weighted by Gasteiger charge is 2.33. The highest BCUT2D eigenvalue weighted by atomic mass is 32.1. The largest absolute Gasteiger partial charge is 0.494 e. The number of unbranched alkanes of at least 4 members (excludes halogenated alkanes) is 6. The molecule has 0 saturated carbocycles. The summed E-state index contributed by atoms with van der Waals surface area (Å²) in [5.74, 6) is 1.70. The second-order valence-electron chi connectivity index (χ2n) is 27.5. The minimum absolute atomic E-state index is 0.676. The van der Waals surface area contributed by atoms with Crippen LogP contribution in [-0.4, -0.2) is 22.0 Å². The summed E-state index contributed by atoms with van der Waals surface area (Å²) in [6.45, 7) is 5.84. The van der Waals surface area contributed by atoms with Gasteiger partial charge in [0.1, 0.15) is 43.9 Å². The van der Waals surface area contributed by atoms with E-state index in [2.05, 4.69) is 351 Å². The van der Waals surface area contributed by atoms with E-state index in [4.69, 9.17) is 26.9 Å². The molecule has 3 aromatic heterocycles. The molecule has 0 radical (unpaired) electrons. The topological polar surface area (TPSA) is 75.4 Å². The summed E-state index contributed by atoms with van der Waals surface area (Å²) in [5.41, 5.74) is 22.7. The molecule has 0 fully saturated rings. The van der Waals surface area contributed by atoms with Crippen LogP contribution in [0.25, 0.3) is 75.8 Å². The summed E-state index contributed by atoms with van der Waals surface area (Å²) in [4.78, 5) is 6.90. The molecule has 1 aliphatic rings. The van der Waals surface area contributed by atoms with E-state index in [1.807, 2.05) is 0 Å². The Morgan fingerprint density at radius 3 is 0.864 bits per heavy atom. The van der Waals surface area contributed by atoms with Crippen molar-refractivity contribution in [3.8, 4) is 32.4 Å². The van der Waals surface area contributed by atoms with Crippen LogP contribution in [0.15, 0.2) is 336 Å². The van der Waals surface area contributed by atoms with Crippen LogP contribution in [-0.2, 0) is 11.4 Å². The van der Waals surface area contributed by atoms with E-state index in [0.29, 0.717) is 13.2 Å². The number of hydrogen-bond donors (Lipinski definition) is 0. The van der Waals surface area contributed by atoms with Crippen LogP contribution in [0, 0.1) is 0 Å². The molecule has 0 unspecified atom stereocenters. The lowest BCUT2D eigenvalue weighted by molar-refractivity contribution is 0.305. The van der Waals surface area contributed by atoms with E-state index in [1.165, 1.54) is 48.8 Å². The Hall–Kier alpha value is -11.9. The maximum absolute atomic E-state index is 6.42. The highest BCUT2D eigenvalue weighted by Crippen LogP contribution is 2.60. The third-order valence-electron chi connectivity index (χ3n) is 20.4. The minimum atomic E-state index is 0.676. The van der Waals surface area contributed by atoms with E-state index in [1.54, 1.807) is 22.7 Å². The Bertz CT molecular complexity index is 5550. The van der Waals surface area contributed by atoms with Crippen molar-refractivity contribution in [2.45, 2.75) is 65.2 Å². The number of nitrogens with zero attached hydrogens (tertiary/aromatic N) is 6. The lowest BCUT2D eigenvalue weighted by Crippen LogP contribution is -2.09. The van der Waals surface area contributed by atoms with Gasteiger partial charge in [-0.15, -0.1) is 22.7 Å². The Labute approximate surface area is 659 Å². The minimum Gasteiger partial charge on any atom is -0.494 e.